The number of esters is 1. The van der Waals surface area contributed by atoms with Crippen LogP contribution >= 0.6 is 15.9 Å². The first kappa shape index (κ1) is 9.85. The average molecular weight is 246 g/mol. The molecule has 5 heteroatoms. The number of carbonyl (C=O) groups is 1. The van der Waals surface area contributed by atoms with Gasteiger partial charge >= 0.3 is 5.97 Å². The molecule has 1 aromatic rings. The molecule has 0 radical (unpaired) electrons. The lowest BCUT2D eigenvalue weighted by atomic mass is 10.3. The van der Waals surface area contributed by atoms with Crippen molar-refractivity contribution in [2.75, 3.05) is 7.11 Å². The van der Waals surface area contributed by atoms with Crippen molar-refractivity contribution in [1.82, 2.24) is 0 Å². The van der Waals surface area contributed by atoms with Crippen LogP contribution in [0.4, 0.5) is 0 Å². The summed E-state index contributed by atoms with van der Waals surface area (Å²) in [5.74, 6) is -0.0812. The molecule has 0 bridgehead atoms. The quantitative estimate of drug-likeness (QED) is 0.634. The van der Waals surface area contributed by atoms with Crippen molar-refractivity contribution in [2.45, 2.75) is 0 Å². The van der Waals surface area contributed by atoms with Crippen LogP contribution in [0, 0.1) is 0 Å². The Morgan fingerprint density at radius 3 is 2.85 bits per heavy atom. The predicted octanol–water partition coefficient (Wildman–Crippen LogP) is 1.51. The van der Waals surface area contributed by atoms with Crippen LogP contribution in [0.2, 0.25) is 0 Å². The Bertz CT molecular complexity index is 343. The maximum Gasteiger partial charge on any atom is 0.354 e. The molecule has 1 heterocycles. The molecule has 4 nitrogen and oxygen atoms in total. The maximum atomic E-state index is 10.9. The van der Waals surface area contributed by atoms with E-state index in [9.17, 15) is 4.79 Å². The number of rotatable bonds is 2. The fourth-order valence-corrected chi connectivity index (χ4v) is 1.05. The van der Waals surface area contributed by atoms with Crippen molar-refractivity contribution in [2.24, 2.45) is 5.73 Å². The maximum absolute atomic E-state index is 10.9. The van der Waals surface area contributed by atoms with Gasteiger partial charge in [0.05, 0.1) is 7.11 Å². The van der Waals surface area contributed by atoms with Gasteiger partial charge in [-0.2, -0.15) is 0 Å². The summed E-state index contributed by atoms with van der Waals surface area (Å²) < 4.78 is 10.1. The van der Waals surface area contributed by atoms with Crippen LogP contribution < -0.4 is 5.73 Å². The van der Waals surface area contributed by atoms with Crippen LogP contribution in [0.5, 0.6) is 0 Å². The topological polar surface area (TPSA) is 65.5 Å². The highest BCUT2D eigenvalue weighted by Crippen LogP contribution is 2.15. The second kappa shape index (κ2) is 4.13. The summed E-state index contributed by atoms with van der Waals surface area (Å²) >= 11 is 3.12. The molecule has 0 spiro atoms. The zero-order valence-corrected chi connectivity index (χ0v) is 8.50. The van der Waals surface area contributed by atoms with Gasteiger partial charge < -0.3 is 14.9 Å². The van der Waals surface area contributed by atoms with Gasteiger partial charge in [0.25, 0.3) is 0 Å². The molecule has 0 amide bonds. The molecule has 0 saturated heterocycles. The number of halogens is 1. The van der Waals surface area contributed by atoms with E-state index in [0.717, 1.165) is 0 Å². The molecule has 0 atom stereocenters. The van der Waals surface area contributed by atoms with E-state index in [2.05, 4.69) is 20.7 Å². The van der Waals surface area contributed by atoms with Gasteiger partial charge in [-0.05, 0) is 28.1 Å². The predicted molar refractivity (Wildman–Crippen MR) is 50.6 cm³/mol. The highest BCUT2D eigenvalue weighted by Gasteiger charge is 2.05. The van der Waals surface area contributed by atoms with Gasteiger partial charge in [-0.1, -0.05) is 0 Å². The minimum absolute atomic E-state index is 0.00403. The third-order valence-corrected chi connectivity index (χ3v) is 1.74. The first-order chi connectivity index (χ1) is 6.13. The van der Waals surface area contributed by atoms with Crippen molar-refractivity contribution >= 4 is 28.0 Å². The van der Waals surface area contributed by atoms with E-state index in [1.54, 1.807) is 12.1 Å². The summed E-state index contributed by atoms with van der Waals surface area (Å²) in [6.07, 6.45) is 1.40. The van der Waals surface area contributed by atoms with Gasteiger partial charge in [0, 0.05) is 6.08 Å². The summed E-state index contributed by atoms with van der Waals surface area (Å²) in [5, 5.41) is 0. The highest BCUT2D eigenvalue weighted by molar-refractivity contribution is 9.10. The van der Waals surface area contributed by atoms with Gasteiger partial charge in [-0.15, -0.1) is 0 Å². The molecule has 13 heavy (non-hydrogen) atoms. The van der Waals surface area contributed by atoms with Gasteiger partial charge in [0.1, 0.15) is 11.5 Å². The van der Waals surface area contributed by atoms with E-state index in [0.29, 0.717) is 10.4 Å². The van der Waals surface area contributed by atoms with E-state index < -0.39 is 5.97 Å². The second-order valence-corrected chi connectivity index (χ2v) is 3.01. The van der Waals surface area contributed by atoms with Crippen molar-refractivity contribution in [3.05, 3.63) is 28.3 Å². The monoisotopic (exact) mass is 245 g/mol. The third kappa shape index (κ3) is 2.62. The highest BCUT2D eigenvalue weighted by atomic mass is 79.9. The summed E-state index contributed by atoms with van der Waals surface area (Å²) in [4.78, 5) is 10.9. The number of nitrogens with two attached hydrogens (primary N) is 1. The molecule has 2 N–H and O–H groups in total. The number of furan rings is 1. The summed E-state index contributed by atoms with van der Waals surface area (Å²) in [5.41, 5.74) is 5.38. The van der Waals surface area contributed by atoms with Gasteiger partial charge in [0.2, 0.25) is 0 Å². The molecule has 1 rings (SSSR count). The zero-order chi connectivity index (χ0) is 9.84. The van der Waals surface area contributed by atoms with Crippen molar-refractivity contribution < 1.29 is 13.9 Å². The minimum Gasteiger partial charge on any atom is -0.464 e. The van der Waals surface area contributed by atoms with E-state index in [4.69, 9.17) is 10.2 Å². The standard InChI is InChI=1S/C8H8BrNO3/c1-12-8(11)6(10)4-5-2-3-7(9)13-5/h2-4H,10H2,1H3/b6-4-. The fraction of sp³-hybridized carbons (Fsp3) is 0.125. The Kier molecular flexibility index (Phi) is 3.13. The van der Waals surface area contributed by atoms with Crippen molar-refractivity contribution in [3.63, 3.8) is 0 Å². The van der Waals surface area contributed by atoms with Gasteiger partial charge in [-0.3, -0.25) is 0 Å². The molecule has 0 aliphatic carbocycles. The first-order valence-electron chi connectivity index (χ1n) is 3.44. The lowest BCUT2D eigenvalue weighted by Gasteiger charge is -1.96. The van der Waals surface area contributed by atoms with Crippen LogP contribution in [0.3, 0.4) is 0 Å². The third-order valence-electron chi connectivity index (χ3n) is 1.31. The first-order valence-corrected chi connectivity index (χ1v) is 4.23. The van der Waals surface area contributed by atoms with E-state index >= 15 is 0 Å². The average Bonchev–Trinajstić information content (AvgIpc) is 2.49. The number of hydrogen-bond donors (Lipinski definition) is 1. The normalized spacial score (nSPS) is 11.4. The van der Waals surface area contributed by atoms with Crippen LogP contribution in [0.15, 0.2) is 26.9 Å². The Morgan fingerprint density at radius 1 is 1.69 bits per heavy atom. The lowest BCUT2D eigenvalue weighted by molar-refractivity contribution is -0.136. The number of methoxy groups -OCH3 is 1. The number of hydrogen-bond acceptors (Lipinski definition) is 4. The van der Waals surface area contributed by atoms with Crippen LogP contribution in [-0.4, -0.2) is 13.1 Å². The largest absolute Gasteiger partial charge is 0.464 e. The number of carbonyl (C=O) groups excluding carboxylic acids is 1. The van der Waals surface area contributed by atoms with E-state index in [1.807, 2.05) is 0 Å². The molecule has 0 fully saturated rings. The van der Waals surface area contributed by atoms with Crippen LogP contribution in [0.1, 0.15) is 5.76 Å². The number of ether oxygens (including phenoxy) is 1. The summed E-state index contributed by atoms with van der Waals surface area (Å²) in [7, 11) is 1.26. The fourth-order valence-electron chi connectivity index (χ4n) is 0.736. The van der Waals surface area contributed by atoms with Crippen molar-refractivity contribution in [3.8, 4) is 0 Å². The molecule has 0 saturated carbocycles. The molecule has 1 aromatic heterocycles. The Balaban J connectivity index is 2.82. The molecule has 0 aliphatic heterocycles. The Morgan fingerprint density at radius 2 is 2.38 bits per heavy atom. The van der Waals surface area contributed by atoms with Gasteiger partial charge in [-0.25, -0.2) is 4.79 Å². The molecule has 0 aromatic carbocycles. The molecule has 70 valence electrons. The van der Waals surface area contributed by atoms with Crippen molar-refractivity contribution in [1.29, 1.82) is 0 Å². The minimum atomic E-state index is -0.576. The van der Waals surface area contributed by atoms with Crippen LogP contribution in [0.25, 0.3) is 6.08 Å². The Labute approximate surface area is 83.5 Å². The van der Waals surface area contributed by atoms with Crippen LogP contribution in [-0.2, 0) is 9.53 Å². The summed E-state index contributed by atoms with van der Waals surface area (Å²) in [6, 6.07) is 3.39. The molecular formula is C8H8BrNO3. The smallest absolute Gasteiger partial charge is 0.354 e. The van der Waals surface area contributed by atoms with Gasteiger partial charge in [0.15, 0.2) is 4.67 Å². The second-order valence-electron chi connectivity index (χ2n) is 2.23. The molecule has 0 unspecified atom stereocenters. The zero-order valence-electron chi connectivity index (χ0n) is 6.91. The molecule has 0 aliphatic rings. The Hall–Kier alpha value is -1.23. The van der Waals surface area contributed by atoms with E-state index in [1.165, 1.54) is 13.2 Å². The van der Waals surface area contributed by atoms with E-state index in [-0.39, 0.29) is 5.70 Å². The molecular weight excluding hydrogens is 238 g/mol. The summed E-state index contributed by atoms with van der Waals surface area (Å²) in [6.45, 7) is 0. The SMILES string of the molecule is COC(=O)/C(N)=C/c1ccc(Br)o1. The lowest BCUT2D eigenvalue weighted by Crippen LogP contribution is -2.12.